The Morgan fingerprint density at radius 2 is 2.04 bits per heavy atom. The molecule has 0 spiro atoms. The molecule has 4 nitrogen and oxygen atoms in total. The molecule has 26 heavy (non-hydrogen) atoms. The Hall–Kier alpha value is -1.67. The highest BCUT2D eigenvalue weighted by atomic mass is 79.9. The number of hydrogen-bond donors (Lipinski definition) is 1. The summed E-state index contributed by atoms with van der Waals surface area (Å²) in [5, 5.41) is 9.70. The van der Waals surface area contributed by atoms with Crippen LogP contribution in [0.4, 0.5) is 0 Å². The van der Waals surface area contributed by atoms with Gasteiger partial charge in [0.15, 0.2) is 11.7 Å². The number of aromatic amines is 1. The Morgan fingerprint density at radius 3 is 2.69 bits per heavy atom. The summed E-state index contributed by atoms with van der Waals surface area (Å²) >= 11 is 4.01. The van der Waals surface area contributed by atoms with Crippen molar-refractivity contribution in [1.29, 1.82) is 5.26 Å². The van der Waals surface area contributed by atoms with E-state index in [0.717, 1.165) is 42.1 Å². The molecule has 4 fully saturated rings. The molecule has 1 N–H and O–H groups in total. The summed E-state index contributed by atoms with van der Waals surface area (Å²) in [6, 6.07) is 9.90. The first-order chi connectivity index (χ1) is 12.5. The first-order valence-electron chi connectivity index (χ1n) is 9.54. The molecule has 2 aromatic rings. The number of fused-ring (bicyclic) bond motifs is 1. The number of Topliss-reactive ketones (excluding diaryl/α,β-unsaturated/α-hetero) is 1. The molecule has 4 saturated carbocycles. The maximum Gasteiger partial charge on any atom is 0.162 e. The average molecular weight is 412 g/mol. The van der Waals surface area contributed by atoms with Crippen molar-refractivity contribution in [2.24, 2.45) is 17.3 Å². The lowest BCUT2D eigenvalue weighted by molar-refractivity contribution is -0.126. The van der Waals surface area contributed by atoms with Gasteiger partial charge in [-0.2, -0.15) is 5.26 Å². The van der Waals surface area contributed by atoms with Gasteiger partial charge in [0.2, 0.25) is 0 Å². The van der Waals surface area contributed by atoms with E-state index in [1.165, 1.54) is 19.3 Å². The van der Waals surface area contributed by atoms with Crippen molar-refractivity contribution in [3.05, 3.63) is 30.1 Å². The minimum atomic E-state index is -0.790. The van der Waals surface area contributed by atoms with Crippen molar-refractivity contribution in [2.45, 2.75) is 55.2 Å². The SMILES string of the molecule is N#CC(C(=O)CC12CC3CC(CC(Br)(C3)C1)C2)c1nc2ccccc2[nH]1. The Morgan fingerprint density at radius 1 is 1.31 bits per heavy atom. The summed E-state index contributed by atoms with van der Waals surface area (Å²) in [6.45, 7) is 0. The fourth-order valence-electron chi connectivity index (χ4n) is 6.41. The van der Waals surface area contributed by atoms with Gasteiger partial charge in [-0.25, -0.2) is 4.98 Å². The van der Waals surface area contributed by atoms with Gasteiger partial charge in [0.25, 0.3) is 0 Å². The molecule has 0 aliphatic heterocycles. The summed E-state index contributed by atoms with van der Waals surface area (Å²) in [4.78, 5) is 20.8. The summed E-state index contributed by atoms with van der Waals surface area (Å²) in [5.41, 5.74) is 1.78. The predicted octanol–water partition coefficient (Wildman–Crippen LogP) is 4.86. The number of aromatic nitrogens is 2. The molecule has 1 heterocycles. The fraction of sp³-hybridized carbons (Fsp3) is 0.571. The Labute approximate surface area is 161 Å². The molecule has 1 aromatic heterocycles. The van der Waals surface area contributed by atoms with Gasteiger partial charge in [0.05, 0.1) is 17.1 Å². The molecule has 0 radical (unpaired) electrons. The number of nitrogens with zero attached hydrogens (tertiary/aromatic N) is 2. The quantitative estimate of drug-likeness (QED) is 0.729. The zero-order valence-corrected chi connectivity index (χ0v) is 16.3. The van der Waals surface area contributed by atoms with Gasteiger partial charge < -0.3 is 4.98 Å². The third-order valence-electron chi connectivity index (χ3n) is 6.79. The molecule has 0 saturated heterocycles. The fourth-order valence-corrected chi connectivity index (χ4v) is 7.92. The highest BCUT2D eigenvalue weighted by Crippen LogP contribution is 2.65. The first kappa shape index (κ1) is 16.5. The van der Waals surface area contributed by atoms with Crippen molar-refractivity contribution in [3.63, 3.8) is 0 Å². The molecule has 4 aliphatic rings. The normalized spacial score (nSPS) is 36.2. The number of halogens is 1. The number of carbonyl (C=O) groups is 1. The Bertz CT molecular complexity index is 880. The molecule has 4 bridgehead atoms. The lowest BCUT2D eigenvalue weighted by Gasteiger charge is -2.60. The third-order valence-corrected chi connectivity index (χ3v) is 7.72. The first-order valence-corrected chi connectivity index (χ1v) is 10.3. The van der Waals surface area contributed by atoms with Crippen LogP contribution in [0.2, 0.25) is 0 Å². The van der Waals surface area contributed by atoms with Crippen LogP contribution < -0.4 is 0 Å². The number of hydrogen-bond acceptors (Lipinski definition) is 3. The summed E-state index contributed by atoms with van der Waals surface area (Å²) in [5.74, 6) is 1.23. The van der Waals surface area contributed by atoms with Crippen molar-refractivity contribution in [2.75, 3.05) is 0 Å². The number of H-pyrrole nitrogens is 1. The molecule has 3 atom stereocenters. The van der Waals surface area contributed by atoms with Crippen molar-refractivity contribution in [3.8, 4) is 6.07 Å². The van der Waals surface area contributed by atoms with Gasteiger partial charge in [0, 0.05) is 10.7 Å². The van der Waals surface area contributed by atoms with E-state index in [0.29, 0.717) is 12.2 Å². The van der Waals surface area contributed by atoms with E-state index < -0.39 is 5.92 Å². The molecule has 1 aromatic carbocycles. The highest BCUT2D eigenvalue weighted by molar-refractivity contribution is 9.10. The maximum atomic E-state index is 13.1. The second-order valence-corrected chi connectivity index (χ2v) is 10.6. The van der Waals surface area contributed by atoms with Crippen LogP contribution >= 0.6 is 15.9 Å². The van der Waals surface area contributed by atoms with Gasteiger partial charge in [-0.15, -0.1) is 0 Å². The van der Waals surface area contributed by atoms with Gasteiger partial charge in [-0.1, -0.05) is 28.1 Å². The monoisotopic (exact) mass is 411 g/mol. The molecule has 5 heteroatoms. The van der Waals surface area contributed by atoms with Gasteiger partial charge in [-0.05, 0) is 67.9 Å². The van der Waals surface area contributed by atoms with E-state index in [1.807, 2.05) is 24.3 Å². The zero-order chi connectivity index (χ0) is 17.9. The van der Waals surface area contributed by atoms with E-state index in [9.17, 15) is 10.1 Å². The Balaban J connectivity index is 1.41. The topological polar surface area (TPSA) is 69.5 Å². The number of carbonyl (C=O) groups excluding carboxylic acids is 1. The average Bonchev–Trinajstić information content (AvgIpc) is 2.96. The second kappa shape index (κ2) is 5.66. The van der Waals surface area contributed by atoms with Crippen LogP contribution in [-0.2, 0) is 4.79 Å². The Kier molecular flexibility index (Phi) is 3.59. The molecular weight excluding hydrogens is 390 g/mol. The third kappa shape index (κ3) is 2.62. The van der Waals surface area contributed by atoms with Crippen LogP contribution in [0.15, 0.2) is 24.3 Å². The van der Waals surface area contributed by atoms with Gasteiger partial charge in [-0.3, -0.25) is 4.79 Å². The largest absolute Gasteiger partial charge is 0.340 e. The lowest BCUT2D eigenvalue weighted by atomic mass is 9.48. The highest BCUT2D eigenvalue weighted by Gasteiger charge is 2.57. The molecule has 4 aliphatic carbocycles. The number of imidazole rings is 1. The standard InChI is InChI=1S/C21H22BrN3O/c22-21-8-13-5-14(9-21)7-20(6-13,12-21)10-18(26)15(11-23)19-24-16-3-1-2-4-17(16)25-19/h1-4,13-15H,5-10,12H2,(H,24,25). The molecule has 3 unspecified atom stereocenters. The number of nitriles is 1. The van der Waals surface area contributed by atoms with Crippen LogP contribution in [-0.4, -0.2) is 20.1 Å². The maximum absolute atomic E-state index is 13.1. The van der Waals surface area contributed by atoms with E-state index in [2.05, 4.69) is 32.0 Å². The van der Waals surface area contributed by atoms with Crippen LogP contribution in [0, 0.1) is 28.6 Å². The minimum Gasteiger partial charge on any atom is -0.340 e. The number of benzene rings is 1. The van der Waals surface area contributed by atoms with Gasteiger partial charge in [0.1, 0.15) is 5.82 Å². The van der Waals surface area contributed by atoms with Crippen LogP contribution in [0.5, 0.6) is 0 Å². The van der Waals surface area contributed by atoms with E-state index in [4.69, 9.17) is 0 Å². The number of para-hydroxylation sites is 2. The minimum absolute atomic E-state index is 0.0320. The van der Waals surface area contributed by atoms with Gasteiger partial charge >= 0.3 is 0 Å². The predicted molar refractivity (Wildman–Crippen MR) is 103 cm³/mol. The molecule has 6 rings (SSSR count). The van der Waals surface area contributed by atoms with Crippen LogP contribution in [0.3, 0.4) is 0 Å². The van der Waals surface area contributed by atoms with E-state index in [-0.39, 0.29) is 15.5 Å². The number of alkyl halides is 1. The molecular formula is C21H22BrN3O. The van der Waals surface area contributed by atoms with Crippen LogP contribution in [0.25, 0.3) is 11.0 Å². The number of ketones is 1. The number of nitrogens with one attached hydrogen (secondary N) is 1. The molecule has 0 amide bonds. The van der Waals surface area contributed by atoms with Crippen molar-refractivity contribution >= 4 is 32.7 Å². The zero-order valence-electron chi connectivity index (χ0n) is 14.7. The van der Waals surface area contributed by atoms with Crippen LogP contribution in [0.1, 0.15) is 56.7 Å². The molecule has 134 valence electrons. The lowest BCUT2D eigenvalue weighted by Crippen LogP contribution is -2.53. The van der Waals surface area contributed by atoms with E-state index in [1.54, 1.807) is 0 Å². The smallest absolute Gasteiger partial charge is 0.162 e. The van der Waals surface area contributed by atoms with Crippen molar-refractivity contribution in [1.82, 2.24) is 9.97 Å². The summed E-state index contributed by atoms with van der Waals surface area (Å²) in [7, 11) is 0. The number of rotatable bonds is 4. The summed E-state index contributed by atoms with van der Waals surface area (Å²) < 4.78 is 0.235. The van der Waals surface area contributed by atoms with Crippen molar-refractivity contribution < 1.29 is 4.79 Å². The second-order valence-electron chi connectivity index (χ2n) is 8.96. The summed E-state index contributed by atoms with van der Waals surface area (Å²) in [6.07, 6.45) is 7.74. The van der Waals surface area contributed by atoms with E-state index >= 15 is 0 Å².